The first kappa shape index (κ1) is 19.5. The summed E-state index contributed by atoms with van der Waals surface area (Å²) in [7, 11) is -3.11. The summed E-state index contributed by atoms with van der Waals surface area (Å²) in [5.41, 5.74) is 0.295. The monoisotopic (exact) mass is 371 g/mol. The van der Waals surface area contributed by atoms with Crippen LogP contribution in [0.1, 0.15) is 48.6 Å². The zero-order valence-electron chi connectivity index (χ0n) is 15.1. The fourth-order valence-corrected chi connectivity index (χ4v) is 4.83. The zero-order chi connectivity index (χ0) is 18.8. The third-order valence-corrected chi connectivity index (χ3v) is 6.29. The molecule has 1 amide bonds. The van der Waals surface area contributed by atoms with Crippen LogP contribution in [0.4, 0.5) is 0 Å². The third kappa shape index (κ3) is 4.62. The van der Waals surface area contributed by atoms with E-state index in [2.05, 4.69) is 0 Å². The Hall–Kier alpha value is -1.83. The summed E-state index contributed by atoms with van der Waals surface area (Å²) in [5, 5.41) is 0. The lowest BCUT2D eigenvalue weighted by Gasteiger charge is -2.33. The van der Waals surface area contributed by atoms with Crippen LogP contribution in [0.3, 0.4) is 0 Å². The van der Waals surface area contributed by atoms with E-state index in [1.54, 1.807) is 24.8 Å². The maximum atomic E-state index is 12.6. The molecule has 0 N–H and O–H groups in total. The molecular weight excluding hydrogens is 346 g/mol. The summed E-state index contributed by atoms with van der Waals surface area (Å²) in [6.07, 6.45) is 1.11. The van der Waals surface area contributed by atoms with E-state index in [0.29, 0.717) is 29.9 Å². The summed E-state index contributed by atoms with van der Waals surface area (Å²) in [5.74, 6) is 0.0969. The lowest BCUT2D eigenvalue weighted by molar-refractivity contribution is -0.138. The molecule has 0 spiro atoms. The number of ether oxygens (including phenoxy) is 1. The molecule has 0 radical (unpaired) electrons. The summed E-state index contributed by atoms with van der Waals surface area (Å²) < 4.78 is 33.9. The minimum atomic E-state index is -3.11. The van der Waals surface area contributed by atoms with Crippen LogP contribution in [-0.4, -0.2) is 55.4 Å². The predicted molar refractivity (Wildman–Crippen MR) is 92.1 cm³/mol. The van der Waals surface area contributed by atoms with Crippen molar-refractivity contribution in [2.45, 2.75) is 52.6 Å². The summed E-state index contributed by atoms with van der Waals surface area (Å²) in [6, 6.07) is 1.09. The van der Waals surface area contributed by atoms with Gasteiger partial charge in [-0.15, -0.1) is 0 Å². The van der Waals surface area contributed by atoms with Crippen LogP contribution in [0.2, 0.25) is 0 Å². The SMILES string of the molecule is CC[C@H](C)N(C(=O)COC(=O)c1cc(C)oc1C)[C@H]1CCS(=O)(=O)C1. The molecule has 140 valence electrons. The molecule has 1 fully saturated rings. The number of hydrogen-bond donors (Lipinski definition) is 0. The van der Waals surface area contributed by atoms with Crippen LogP contribution < -0.4 is 0 Å². The second kappa shape index (κ2) is 7.59. The maximum Gasteiger partial charge on any atom is 0.342 e. The average molecular weight is 371 g/mol. The molecule has 0 saturated carbocycles. The second-order valence-electron chi connectivity index (χ2n) is 6.52. The van der Waals surface area contributed by atoms with Gasteiger partial charge in [-0.3, -0.25) is 4.79 Å². The molecule has 8 heteroatoms. The number of carbonyl (C=O) groups excluding carboxylic acids is 2. The first-order valence-electron chi connectivity index (χ1n) is 8.40. The van der Waals surface area contributed by atoms with Crippen molar-refractivity contribution in [2.24, 2.45) is 0 Å². The number of sulfone groups is 1. The number of amides is 1. The van der Waals surface area contributed by atoms with Crippen LogP contribution in [0, 0.1) is 13.8 Å². The molecule has 2 rings (SSSR count). The zero-order valence-corrected chi connectivity index (χ0v) is 15.9. The van der Waals surface area contributed by atoms with Crippen molar-refractivity contribution in [2.75, 3.05) is 18.1 Å². The van der Waals surface area contributed by atoms with Crippen molar-refractivity contribution >= 4 is 21.7 Å². The van der Waals surface area contributed by atoms with Crippen LogP contribution in [-0.2, 0) is 19.4 Å². The van der Waals surface area contributed by atoms with Crippen LogP contribution >= 0.6 is 0 Å². The first-order valence-corrected chi connectivity index (χ1v) is 10.2. The Labute approximate surface area is 148 Å². The molecule has 1 aromatic rings. The van der Waals surface area contributed by atoms with Gasteiger partial charge in [0.05, 0.1) is 11.5 Å². The average Bonchev–Trinajstić information content (AvgIpc) is 3.06. The van der Waals surface area contributed by atoms with Crippen molar-refractivity contribution in [3.05, 3.63) is 23.2 Å². The fourth-order valence-electron chi connectivity index (χ4n) is 3.11. The number of esters is 1. The molecule has 0 aliphatic carbocycles. The molecule has 1 saturated heterocycles. The van der Waals surface area contributed by atoms with Gasteiger partial charge in [0.25, 0.3) is 5.91 Å². The van der Waals surface area contributed by atoms with Crippen molar-refractivity contribution in [3.8, 4) is 0 Å². The Balaban J connectivity index is 2.05. The van der Waals surface area contributed by atoms with E-state index >= 15 is 0 Å². The van der Waals surface area contributed by atoms with E-state index in [9.17, 15) is 18.0 Å². The van der Waals surface area contributed by atoms with Gasteiger partial charge in [-0.05, 0) is 39.7 Å². The summed E-state index contributed by atoms with van der Waals surface area (Å²) >= 11 is 0. The minimum Gasteiger partial charge on any atom is -0.466 e. The van der Waals surface area contributed by atoms with Crippen LogP contribution in [0.25, 0.3) is 0 Å². The Bertz CT molecular complexity index is 751. The maximum absolute atomic E-state index is 12.6. The molecule has 0 aromatic carbocycles. The van der Waals surface area contributed by atoms with Crippen LogP contribution in [0.15, 0.2) is 10.5 Å². The Kier molecular flexibility index (Phi) is 5.92. The fraction of sp³-hybridized carbons (Fsp3) is 0.647. The summed E-state index contributed by atoms with van der Waals surface area (Å²) in [4.78, 5) is 26.3. The molecule has 0 unspecified atom stereocenters. The van der Waals surface area contributed by atoms with Gasteiger partial charge >= 0.3 is 5.97 Å². The first-order chi connectivity index (χ1) is 11.6. The minimum absolute atomic E-state index is 0.0307. The van der Waals surface area contributed by atoms with Gasteiger partial charge in [0, 0.05) is 12.1 Å². The van der Waals surface area contributed by atoms with Gasteiger partial charge in [-0.25, -0.2) is 13.2 Å². The summed E-state index contributed by atoms with van der Waals surface area (Å²) in [6.45, 7) is 6.76. The van der Waals surface area contributed by atoms with E-state index in [-0.39, 0.29) is 29.5 Å². The van der Waals surface area contributed by atoms with Gasteiger partial charge < -0.3 is 14.1 Å². The largest absolute Gasteiger partial charge is 0.466 e. The second-order valence-corrected chi connectivity index (χ2v) is 8.75. The molecule has 1 aromatic heterocycles. The molecule has 0 bridgehead atoms. The molecule has 2 atom stereocenters. The molecular formula is C17H25NO6S. The highest BCUT2D eigenvalue weighted by atomic mass is 32.2. The topological polar surface area (TPSA) is 93.9 Å². The van der Waals surface area contributed by atoms with E-state index in [0.717, 1.165) is 0 Å². The Morgan fingerprint density at radius 3 is 2.56 bits per heavy atom. The highest BCUT2D eigenvalue weighted by Gasteiger charge is 2.36. The van der Waals surface area contributed by atoms with E-state index in [1.165, 1.54) is 0 Å². The van der Waals surface area contributed by atoms with E-state index < -0.39 is 22.4 Å². The molecule has 1 aliphatic heterocycles. The Morgan fingerprint density at radius 1 is 1.40 bits per heavy atom. The molecule has 1 aliphatic rings. The smallest absolute Gasteiger partial charge is 0.342 e. The standard InChI is InChI=1S/C17H25NO6S/c1-5-11(2)18(14-6-7-25(21,22)10-14)16(19)9-23-17(20)15-8-12(3)24-13(15)4/h8,11,14H,5-7,9-10H2,1-4H3/t11-,14-/m0/s1. The number of nitrogens with zero attached hydrogens (tertiary/aromatic N) is 1. The van der Waals surface area contributed by atoms with Gasteiger partial charge in [-0.1, -0.05) is 6.92 Å². The third-order valence-electron chi connectivity index (χ3n) is 4.54. The van der Waals surface area contributed by atoms with Crippen molar-refractivity contribution in [1.82, 2.24) is 4.90 Å². The van der Waals surface area contributed by atoms with Crippen molar-refractivity contribution in [3.63, 3.8) is 0 Å². The van der Waals surface area contributed by atoms with Gasteiger partial charge in [0.15, 0.2) is 16.4 Å². The predicted octanol–water partition coefficient (Wildman–Crippen LogP) is 1.87. The van der Waals surface area contributed by atoms with Gasteiger partial charge in [0.1, 0.15) is 17.1 Å². The lowest BCUT2D eigenvalue weighted by atomic mass is 10.1. The number of hydrogen-bond acceptors (Lipinski definition) is 6. The van der Waals surface area contributed by atoms with Gasteiger partial charge in [0.2, 0.25) is 0 Å². The molecule has 2 heterocycles. The molecule has 7 nitrogen and oxygen atoms in total. The highest BCUT2D eigenvalue weighted by Crippen LogP contribution is 2.22. The van der Waals surface area contributed by atoms with E-state index in [4.69, 9.17) is 9.15 Å². The number of carbonyl (C=O) groups is 2. The van der Waals surface area contributed by atoms with Crippen molar-refractivity contribution < 1.29 is 27.2 Å². The van der Waals surface area contributed by atoms with Crippen LogP contribution in [0.5, 0.6) is 0 Å². The normalized spacial score (nSPS) is 20.2. The number of rotatable bonds is 6. The Morgan fingerprint density at radius 2 is 2.08 bits per heavy atom. The van der Waals surface area contributed by atoms with Crippen molar-refractivity contribution in [1.29, 1.82) is 0 Å². The quantitative estimate of drug-likeness (QED) is 0.709. The highest BCUT2D eigenvalue weighted by molar-refractivity contribution is 7.91. The van der Waals surface area contributed by atoms with E-state index in [1.807, 2.05) is 13.8 Å². The van der Waals surface area contributed by atoms with Gasteiger partial charge in [-0.2, -0.15) is 0 Å². The number of furan rings is 1. The lowest BCUT2D eigenvalue weighted by Crippen LogP contribution is -2.48. The molecule has 25 heavy (non-hydrogen) atoms. The number of aryl methyl sites for hydroxylation is 2.